The summed E-state index contributed by atoms with van der Waals surface area (Å²) in [6, 6.07) is 0. The molecule has 1 aliphatic heterocycles. The molecule has 16 heavy (non-hydrogen) atoms. The summed E-state index contributed by atoms with van der Waals surface area (Å²) in [7, 11) is 0. The molecular formula is C10H14N2O3S. The van der Waals surface area contributed by atoms with Crippen molar-refractivity contribution in [3.63, 3.8) is 0 Å². The Labute approximate surface area is 98.9 Å². The van der Waals surface area contributed by atoms with Gasteiger partial charge in [0.05, 0.1) is 6.10 Å². The second-order valence-corrected chi connectivity index (χ2v) is 4.27. The van der Waals surface area contributed by atoms with E-state index in [1.807, 2.05) is 0 Å². The van der Waals surface area contributed by atoms with E-state index < -0.39 is 23.3 Å². The summed E-state index contributed by atoms with van der Waals surface area (Å²) >= 11 is 4.71. The van der Waals surface area contributed by atoms with Crippen molar-refractivity contribution in [2.75, 3.05) is 0 Å². The average Bonchev–Trinajstić information content (AvgIpc) is 2.13. The first-order chi connectivity index (χ1) is 7.42. The number of nitrogens with one attached hydrogen (secondary N) is 2. The van der Waals surface area contributed by atoms with E-state index in [9.17, 15) is 14.7 Å². The molecule has 3 N–H and O–H groups in total. The van der Waals surface area contributed by atoms with Gasteiger partial charge in [0.1, 0.15) is 5.41 Å². The maximum Gasteiger partial charge on any atom is 0.242 e. The molecule has 1 aliphatic rings. The van der Waals surface area contributed by atoms with E-state index in [-0.39, 0.29) is 18.0 Å². The van der Waals surface area contributed by atoms with Crippen LogP contribution in [-0.2, 0) is 9.59 Å². The number of hydrogen-bond donors (Lipinski definition) is 3. The van der Waals surface area contributed by atoms with Gasteiger partial charge in [-0.2, -0.15) is 0 Å². The van der Waals surface area contributed by atoms with E-state index in [0.29, 0.717) is 0 Å². The normalized spacial score (nSPS) is 21.0. The molecule has 0 aromatic carbocycles. The highest BCUT2D eigenvalue weighted by Crippen LogP contribution is 2.31. The summed E-state index contributed by atoms with van der Waals surface area (Å²) in [5.74, 6) is -0.968. The first-order valence-electron chi connectivity index (χ1n) is 4.88. The summed E-state index contributed by atoms with van der Waals surface area (Å²) in [6.07, 6.45) is 0.927. The van der Waals surface area contributed by atoms with Crippen LogP contribution in [0.5, 0.6) is 0 Å². The molecule has 2 amide bonds. The van der Waals surface area contributed by atoms with Crippen molar-refractivity contribution in [2.45, 2.75) is 25.9 Å². The van der Waals surface area contributed by atoms with Crippen molar-refractivity contribution in [2.24, 2.45) is 5.41 Å². The summed E-state index contributed by atoms with van der Waals surface area (Å²) in [5, 5.41) is 14.2. The standard InChI is InChI=1S/C10H14N2O3S/c1-3-4-10(5-6(2)13)7(14)11-9(16)12-8(10)15/h3,6,13H,1,4-5H2,2H3,(H2,11,12,14,15,16). The van der Waals surface area contributed by atoms with Crippen molar-refractivity contribution >= 4 is 29.1 Å². The van der Waals surface area contributed by atoms with Crippen molar-refractivity contribution in [1.29, 1.82) is 0 Å². The molecule has 6 heteroatoms. The third kappa shape index (κ3) is 2.28. The van der Waals surface area contributed by atoms with Gasteiger partial charge in [0, 0.05) is 0 Å². The van der Waals surface area contributed by atoms with Crippen LogP contribution in [-0.4, -0.2) is 28.1 Å². The number of aliphatic hydroxyl groups is 1. The lowest BCUT2D eigenvalue weighted by atomic mass is 9.76. The van der Waals surface area contributed by atoms with Crippen LogP contribution in [0, 0.1) is 5.41 Å². The molecule has 1 atom stereocenters. The maximum atomic E-state index is 11.8. The molecule has 0 radical (unpaired) electrons. The molecule has 0 bridgehead atoms. The largest absolute Gasteiger partial charge is 0.393 e. The quantitative estimate of drug-likeness (QED) is 0.364. The lowest BCUT2D eigenvalue weighted by Gasteiger charge is -2.35. The highest BCUT2D eigenvalue weighted by Gasteiger charge is 2.48. The van der Waals surface area contributed by atoms with Gasteiger partial charge < -0.3 is 15.7 Å². The topological polar surface area (TPSA) is 78.4 Å². The first-order valence-corrected chi connectivity index (χ1v) is 5.29. The Hall–Kier alpha value is -1.27. The number of thiocarbonyl (C=S) groups is 1. The summed E-state index contributed by atoms with van der Waals surface area (Å²) in [4.78, 5) is 23.7. The molecular weight excluding hydrogens is 228 g/mol. The number of carbonyl (C=O) groups excluding carboxylic acids is 2. The third-order valence-electron chi connectivity index (χ3n) is 2.46. The van der Waals surface area contributed by atoms with E-state index in [1.54, 1.807) is 0 Å². The highest BCUT2D eigenvalue weighted by atomic mass is 32.1. The van der Waals surface area contributed by atoms with E-state index in [4.69, 9.17) is 12.2 Å². The van der Waals surface area contributed by atoms with Crippen LogP contribution in [0.15, 0.2) is 12.7 Å². The fourth-order valence-electron chi connectivity index (χ4n) is 1.78. The van der Waals surface area contributed by atoms with E-state index in [0.717, 1.165) is 0 Å². The van der Waals surface area contributed by atoms with E-state index in [1.165, 1.54) is 13.0 Å². The lowest BCUT2D eigenvalue weighted by molar-refractivity contribution is -0.145. The van der Waals surface area contributed by atoms with Crippen LogP contribution in [0.4, 0.5) is 0 Å². The SMILES string of the molecule is C=CCC1(CC(C)O)C(=O)NC(=S)NC1=O. The van der Waals surface area contributed by atoms with E-state index in [2.05, 4.69) is 17.2 Å². The molecule has 1 heterocycles. The zero-order valence-electron chi connectivity index (χ0n) is 8.95. The maximum absolute atomic E-state index is 11.8. The Bertz CT molecular complexity index is 332. The predicted octanol–water partition coefficient (Wildman–Crippen LogP) is -0.149. The number of allylic oxidation sites excluding steroid dienone is 1. The van der Waals surface area contributed by atoms with Gasteiger partial charge in [0.2, 0.25) is 11.8 Å². The van der Waals surface area contributed by atoms with Crippen LogP contribution < -0.4 is 10.6 Å². The highest BCUT2D eigenvalue weighted by molar-refractivity contribution is 7.80. The average molecular weight is 242 g/mol. The Morgan fingerprint density at radius 2 is 2.00 bits per heavy atom. The molecule has 0 spiro atoms. The van der Waals surface area contributed by atoms with Gasteiger partial charge in [0.25, 0.3) is 0 Å². The number of amides is 2. The smallest absolute Gasteiger partial charge is 0.242 e. The van der Waals surface area contributed by atoms with Crippen LogP contribution in [0.2, 0.25) is 0 Å². The number of carbonyl (C=O) groups is 2. The molecule has 0 aliphatic carbocycles. The Balaban J connectivity index is 3.05. The minimum atomic E-state index is -1.31. The Morgan fingerprint density at radius 3 is 2.38 bits per heavy atom. The van der Waals surface area contributed by atoms with Crippen molar-refractivity contribution in [1.82, 2.24) is 10.6 Å². The predicted molar refractivity (Wildman–Crippen MR) is 62.4 cm³/mol. The molecule has 1 saturated heterocycles. The molecule has 1 fully saturated rings. The molecule has 5 nitrogen and oxygen atoms in total. The van der Waals surface area contributed by atoms with Gasteiger partial charge in [-0.25, -0.2) is 0 Å². The molecule has 1 rings (SSSR count). The molecule has 1 unspecified atom stereocenters. The fourth-order valence-corrected chi connectivity index (χ4v) is 1.97. The number of aliphatic hydroxyl groups excluding tert-OH is 1. The number of hydrogen-bond acceptors (Lipinski definition) is 4. The molecule has 88 valence electrons. The van der Waals surface area contributed by atoms with Gasteiger partial charge in [-0.3, -0.25) is 9.59 Å². The van der Waals surface area contributed by atoms with E-state index >= 15 is 0 Å². The van der Waals surface area contributed by atoms with Crippen LogP contribution in [0.1, 0.15) is 19.8 Å². The summed E-state index contributed by atoms with van der Waals surface area (Å²) in [6.45, 7) is 5.05. The first kappa shape index (κ1) is 12.8. The van der Waals surface area contributed by atoms with Crippen LogP contribution in [0.25, 0.3) is 0 Å². The minimum absolute atomic E-state index is 0.000259. The van der Waals surface area contributed by atoms with Crippen molar-refractivity contribution in [3.8, 4) is 0 Å². The second-order valence-electron chi connectivity index (χ2n) is 3.87. The van der Waals surface area contributed by atoms with Crippen LogP contribution in [0.3, 0.4) is 0 Å². The second kappa shape index (κ2) is 4.71. The summed E-state index contributed by atoms with van der Waals surface area (Å²) in [5.41, 5.74) is -1.31. The minimum Gasteiger partial charge on any atom is -0.393 e. The van der Waals surface area contributed by atoms with Crippen molar-refractivity contribution in [3.05, 3.63) is 12.7 Å². The van der Waals surface area contributed by atoms with Gasteiger partial charge in [0.15, 0.2) is 5.11 Å². The third-order valence-corrected chi connectivity index (χ3v) is 2.66. The fraction of sp³-hybridized carbons (Fsp3) is 0.500. The van der Waals surface area contributed by atoms with Crippen LogP contribution >= 0.6 is 12.2 Å². The molecule has 0 saturated carbocycles. The lowest BCUT2D eigenvalue weighted by Crippen LogP contribution is -2.62. The molecule has 0 aromatic rings. The Kier molecular flexibility index (Phi) is 3.77. The summed E-state index contributed by atoms with van der Waals surface area (Å²) < 4.78 is 0. The van der Waals surface area contributed by atoms with Crippen molar-refractivity contribution < 1.29 is 14.7 Å². The Morgan fingerprint density at radius 1 is 1.50 bits per heavy atom. The number of rotatable bonds is 4. The van der Waals surface area contributed by atoms with Gasteiger partial charge >= 0.3 is 0 Å². The van der Waals surface area contributed by atoms with Gasteiger partial charge in [-0.15, -0.1) is 6.58 Å². The zero-order chi connectivity index (χ0) is 12.3. The molecule has 0 aromatic heterocycles. The monoisotopic (exact) mass is 242 g/mol. The zero-order valence-corrected chi connectivity index (χ0v) is 9.76. The van der Waals surface area contributed by atoms with Gasteiger partial charge in [-0.05, 0) is 32.0 Å². The van der Waals surface area contributed by atoms with Gasteiger partial charge in [-0.1, -0.05) is 6.08 Å².